The summed E-state index contributed by atoms with van der Waals surface area (Å²) in [6, 6.07) is 0. The fraction of sp³-hybridized carbons (Fsp3) is 0.857. The van der Waals surface area contributed by atoms with Crippen LogP contribution in [0.4, 0.5) is 0 Å². The van der Waals surface area contributed by atoms with E-state index in [9.17, 15) is 0 Å². The molecular formula is C14H28O. The van der Waals surface area contributed by atoms with Crippen molar-refractivity contribution in [2.75, 3.05) is 6.61 Å². The molecule has 0 saturated heterocycles. The van der Waals surface area contributed by atoms with Crippen LogP contribution in [0.2, 0.25) is 0 Å². The monoisotopic (exact) mass is 212 g/mol. The summed E-state index contributed by atoms with van der Waals surface area (Å²) in [6.07, 6.45) is 8.60. The molecule has 1 atom stereocenters. The lowest BCUT2D eigenvalue weighted by atomic mass is 9.95. The quantitative estimate of drug-likeness (QED) is 0.369. The second-order valence-corrected chi connectivity index (χ2v) is 4.30. The molecule has 1 heteroatoms. The zero-order valence-electron chi connectivity index (χ0n) is 10.8. The van der Waals surface area contributed by atoms with E-state index < -0.39 is 0 Å². The van der Waals surface area contributed by atoms with E-state index in [4.69, 9.17) is 4.74 Å². The summed E-state index contributed by atoms with van der Waals surface area (Å²) < 4.78 is 5.70. The minimum absolute atomic E-state index is 0.590. The van der Waals surface area contributed by atoms with Crippen molar-refractivity contribution in [3.63, 3.8) is 0 Å². The smallest absolute Gasteiger partial charge is 0.0918 e. The molecule has 0 bridgehead atoms. The van der Waals surface area contributed by atoms with Gasteiger partial charge >= 0.3 is 0 Å². The van der Waals surface area contributed by atoms with Crippen LogP contribution in [0.5, 0.6) is 0 Å². The maximum absolute atomic E-state index is 5.70. The maximum Gasteiger partial charge on any atom is 0.0918 e. The number of allylic oxidation sites excluding steroid dienone is 1. The Morgan fingerprint density at radius 1 is 1.00 bits per heavy atom. The van der Waals surface area contributed by atoms with Crippen LogP contribution in [-0.4, -0.2) is 6.61 Å². The molecule has 0 rings (SSSR count). The third-order valence-electron chi connectivity index (χ3n) is 2.78. The third-order valence-corrected chi connectivity index (χ3v) is 2.78. The van der Waals surface area contributed by atoms with Gasteiger partial charge in [0.2, 0.25) is 0 Å². The molecule has 0 heterocycles. The van der Waals surface area contributed by atoms with Crippen LogP contribution in [0.25, 0.3) is 0 Å². The summed E-state index contributed by atoms with van der Waals surface area (Å²) in [7, 11) is 0. The molecule has 0 fully saturated rings. The highest BCUT2D eigenvalue weighted by molar-refractivity contribution is 4.90. The lowest BCUT2D eigenvalue weighted by molar-refractivity contribution is 0.166. The highest BCUT2D eigenvalue weighted by Crippen LogP contribution is 2.23. The topological polar surface area (TPSA) is 9.23 Å². The van der Waals surface area contributed by atoms with E-state index in [-0.39, 0.29) is 0 Å². The molecule has 15 heavy (non-hydrogen) atoms. The second kappa shape index (κ2) is 10.1. The lowest BCUT2D eigenvalue weighted by Gasteiger charge is -2.19. The van der Waals surface area contributed by atoms with E-state index in [0.717, 1.165) is 18.8 Å². The molecule has 0 radical (unpaired) electrons. The third kappa shape index (κ3) is 7.47. The molecule has 0 saturated carbocycles. The summed E-state index contributed by atoms with van der Waals surface area (Å²) in [5.74, 6) is 1.62. The van der Waals surface area contributed by atoms with Gasteiger partial charge in [-0.25, -0.2) is 0 Å². The van der Waals surface area contributed by atoms with Gasteiger partial charge in [-0.05, 0) is 19.3 Å². The highest BCUT2D eigenvalue weighted by atomic mass is 16.5. The van der Waals surface area contributed by atoms with Crippen LogP contribution in [0.15, 0.2) is 12.3 Å². The molecule has 0 aromatic heterocycles. The molecule has 90 valence electrons. The van der Waals surface area contributed by atoms with Crippen molar-refractivity contribution >= 4 is 0 Å². The van der Waals surface area contributed by atoms with Gasteiger partial charge in [0.15, 0.2) is 0 Å². The summed E-state index contributed by atoms with van der Waals surface area (Å²) in [6.45, 7) is 11.6. The molecule has 1 unspecified atom stereocenters. The minimum atomic E-state index is 0.590. The molecule has 1 nitrogen and oxygen atoms in total. The van der Waals surface area contributed by atoms with Gasteiger partial charge in [-0.3, -0.25) is 0 Å². The number of ether oxygens (including phenoxy) is 1. The second-order valence-electron chi connectivity index (χ2n) is 4.30. The van der Waals surface area contributed by atoms with Crippen molar-refractivity contribution in [2.24, 2.45) is 5.92 Å². The van der Waals surface area contributed by atoms with Crippen LogP contribution in [0, 0.1) is 5.92 Å². The first-order valence-corrected chi connectivity index (χ1v) is 6.57. The normalized spacial score (nSPS) is 12.5. The van der Waals surface area contributed by atoms with Gasteiger partial charge in [0, 0.05) is 5.92 Å². The van der Waals surface area contributed by atoms with E-state index in [1.807, 2.05) is 0 Å². The summed E-state index contributed by atoms with van der Waals surface area (Å²) >= 11 is 0. The molecular weight excluding hydrogens is 184 g/mol. The summed E-state index contributed by atoms with van der Waals surface area (Å²) in [4.78, 5) is 0. The number of rotatable bonds is 10. The Kier molecular flexibility index (Phi) is 9.76. The van der Waals surface area contributed by atoms with Gasteiger partial charge in [-0.1, -0.05) is 53.0 Å². The highest BCUT2D eigenvalue weighted by Gasteiger charge is 2.12. The fourth-order valence-corrected chi connectivity index (χ4v) is 1.73. The summed E-state index contributed by atoms with van der Waals surface area (Å²) in [5.41, 5.74) is 0. The van der Waals surface area contributed by atoms with Gasteiger partial charge in [0.25, 0.3) is 0 Å². The van der Waals surface area contributed by atoms with Crippen molar-refractivity contribution < 1.29 is 4.74 Å². The molecule has 0 N–H and O–H groups in total. The Morgan fingerprint density at radius 3 is 2.20 bits per heavy atom. The van der Waals surface area contributed by atoms with Crippen molar-refractivity contribution in [1.29, 1.82) is 0 Å². The van der Waals surface area contributed by atoms with Crippen LogP contribution >= 0.6 is 0 Å². The van der Waals surface area contributed by atoms with Crippen LogP contribution < -0.4 is 0 Å². The van der Waals surface area contributed by atoms with Crippen LogP contribution in [0.1, 0.15) is 65.7 Å². The number of hydrogen-bond acceptors (Lipinski definition) is 1. The Balaban J connectivity index is 3.81. The van der Waals surface area contributed by atoms with Crippen molar-refractivity contribution in [2.45, 2.75) is 65.7 Å². The fourth-order valence-electron chi connectivity index (χ4n) is 1.73. The van der Waals surface area contributed by atoms with Crippen LogP contribution in [-0.2, 0) is 4.74 Å². The van der Waals surface area contributed by atoms with Crippen molar-refractivity contribution in [3.8, 4) is 0 Å². The molecule has 0 spiro atoms. The molecule has 0 aliphatic heterocycles. The van der Waals surface area contributed by atoms with Crippen LogP contribution in [0.3, 0.4) is 0 Å². The van der Waals surface area contributed by atoms with Crippen molar-refractivity contribution in [3.05, 3.63) is 12.3 Å². The average Bonchev–Trinajstić information content (AvgIpc) is 2.24. The van der Waals surface area contributed by atoms with Crippen molar-refractivity contribution in [1.82, 2.24) is 0 Å². The Labute approximate surface area is 95.9 Å². The summed E-state index contributed by atoms with van der Waals surface area (Å²) in [5, 5.41) is 0. The predicted molar refractivity (Wildman–Crippen MR) is 67.9 cm³/mol. The first kappa shape index (κ1) is 14.5. The van der Waals surface area contributed by atoms with Gasteiger partial charge in [-0.2, -0.15) is 0 Å². The Hall–Kier alpha value is -0.460. The molecule has 0 aromatic carbocycles. The lowest BCUT2D eigenvalue weighted by Crippen LogP contribution is -2.07. The first-order valence-electron chi connectivity index (χ1n) is 6.57. The SMILES string of the molecule is C=C(OCCCC)C(CCC)CCCC. The van der Waals surface area contributed by atoms with E-state index >= 15 is 0 Å². The standard InChI is InChI=1S/C14H28O/c1-5-8-11-14(10-7-3)13(4)15-12-9-6-2/h14H,4-12H2,1-3H3. The predicted octanol–water partition coefficient (Wildman–Crippen LogP) is 4.92. The van der Waals surface area contributed by atoms with E-state index in [0.29, 0.717) is 5.92 Å². The largest absolute Gasteiger partial charge is 0.498 e. The maximum atomic E-state index is 5.70. The number of unbranched alkanes of at least 4 members (excludes halogenated alkanes) is 2. The van der Waals surface area contributed by atoms with E-state index in [1.165, 1.54) is 38.5 Å². The molecule has 0 aliphatic rings. The Morgan fingerprint density at radius 2 is 1.67 bits per heavy atom. The van der Waals surface area contributed by atoms with Gasteiger partial charge in [0.1, 0.15) is 0 Å². The van der Waals surface area contributed by atoms with Gasteiger partial charge in [-0.15, -0.1) is 0 Å². The molecule has 0 amide bonds. The first-order chi connectivity index (χ1) is 7.26. The minimum Gasteiger partial charge on any atom is -0.498 e. The zero-order chi connectivity index (χ0) is 11.5. The zero-order valence-corrected chi connectivity index (χ0v) is 10.8. The Bertz CT molecular complexity index is 151. The number of hydrogen-bond donors (Lipinski definition) is 0. The van der Waals surface area contributed by atoms with Gasteiger partial charge in [0.05, 0.1) is 12.4 Å². The average molecular weight is 212 g/mol. The van der Waals surface area contributed by atoms with E-state index in [2.05, 4.69) is 27.4 Å². The molecule has 0 aromatic rings. The molecule has 0 aliphatic carbocycles. The van der Waals surface area contributed by atoms with E-state index in [1.54, 1.807) is 0 Å². The van der Waals surface area contributed by atoms with Gasteiger partial charge < -0.3 is 4.74 Å².